The Balaban J connectivity index is 1.50. The molecule has 2 fully saturated rings. The first-order chi connectivity index (χ1) is 13.8. The van der Waals surface area contributed by atoms with Crippen molar-refractivity contribution in [3.63, 3.8) is 0 Å². The first-order valence-corrected chi connectivity index (χ1v) is 12.8. The zero-order valence-corrected chi connectivity index (χ0v) is 19.1. The highest BCUT2D eigenvalue weighted by Crippen LogP contribution is 2.39. The summed E-state index contributed by atoms with van der Waals surface area (Å²) in [6.07, 6.45) is 4.65. The second-order valence-corrected chi connectivity index (χ2v) is 11.5. The van der Waals surface area contributed by atoms with E-state index >= 15 is 0 Å². The molecule has 1 atom stereocenters. The molecule has 3 aliphatic rings. The number of amides is 2. The van der Waals surface area contributed by atoms with Crippen LogP contribution in [0.2, 0.25) is 0 Å². The van der Waals surface area contributed by atoms with Crippen LogP contribution in [-0.4, -0.2) is 50.5 Å². The highest BCUT2D eigenvalue weighted by Gasteiger charge is 2.37. The largest absolute Gasteiger partial charge is 0.342 e. The lowest BCUT2D eigenvalue weighted by atomic mass is 10.0. The summed E-state index contributed by atoms with van der Waals surface area (Å²) in [6, 6.07) is 3.44. The van der Waals surface area contributed by atoms with Crippen molar-refractivity contribution in [2.45, 2.75) is 50.3 Å². The van der Waals surface area contributed by atoms with Crippen LogP contribution in [0.25, 0.3) is 0 Å². The molecule has 1 saturated carbocycles. The zero-order valence-electron chi connectivity index (χ0n) is 16.7. The Bertz CT molecular complexity index is 942. The molecule has 0 spiro atoms. The van der Waals surface area contributed by atoms with Crippen molar-refractivity contribution in [3.05, 3.63) is 22.2 Å². The summed E-state index contributed by atoms with van der Waals surface area (Å²) in [5.41, 5.74) is 1.70. The SMILES string of the molecule is CC1CCCN(C(=O)CCS(=O)(=O)c2cc3c(cc2Br)CCN3C(=O)C2CC2)C1. The molecule has 29 heavy (non-hydrogen) atoms. The third-order valence-corrected chi connectivity index (χ3v) is 8.82. The van der Waals surface area contributed by atoms with Crippen molar-refractivity contribution in [2.24, 2.45) is 11.8 Å². The van der Waals surface area contributed by atoms with Gasteiger partial charge in [-0.2, -0.15) is 0 Å². The number of carbonyl (C=O) groups excluding carboxylic acids is 2. The van der Waals surface area contributed by atoms with E-state index in [9.17, 15) is 18.0 Å². The van der Waals surface area contributed by atoms with E-state index in [1.807, 2.05) is 6.07 Å². The molecule has 1 aromatic carbocycles. The molecule has 158 valence electrons. The normalized spacial score (nSPS) is 21.9. The van der Waals surface area contributed by atoms with E-state index in [0.29, 0.717) is 35.7 Å². The van der Waals surface area contributed by atoms with Gasteiger partial charge in [0, 0.05) is 42.1 Å². The molecule has 2 aliphatic heterocycles. The van der Waals surface area contributed by atoms with Crippen molar-refractivity contribution in [2.75, 3.05) is 30.3 Å². The Morgan fingerprint density at radius 3 is 2.62 bits per heavy atom. The number of anilines is 1. The topological polar surface area (TPSA) is 74.8 Å². The number of carbonyl (C=O) groups is 2. The van der Waals surface area contributed by atoms with Gasteiger partial charge in [-0.25, -0.2) is 8.42 Å². The van der Waals surface area contributed by atoms with E-state index in [1.165, 1.54) is 0 Å². The van der Waals surface area contributed by atoms with Crippen LogP contribution in [0, 0.1) is 11.8 Å². The number of rotatable bonds is 5. The maximum absolute atomic E-state index is 13.0. The summed E-state index contributed by atoms with van der Waals surface area (Å²) < 4.78 is 26.6. The smallest absolute Gasteiger partial charge is 0.230 e. The number of benzene rings is 1. The number of likely N-dealkylation sites (tertiary alicyclic amines) is 1. The van der Waals surface area contributed by atoms with E-state index in [0.717, 1.165) is 37.7 Å². The highest BCUT2D eigenvalue weighted by molar-refractivity contribution is 9.10. The molecule has 0 aromatic heterocycles. The van der Waals surface area contributed by atoms with Gasteiger partial charge in [0.15, 0.2) is 9.84 Å². The van der Waals surface area contributed by atoms with Gasteiger partial charge in [-0.15, -0.1) is 0 Å². The van der Waals surface area contributed by atoms with E-state index in [4.69, 9.17) is 0 Å². The summed E-state index contributed by atoms with van der Waals surface area (Å²) in [5.74, 6) is 0.344. The van der Waals surface area contributed by atoms with Gasteiger partial charge in [0.1, 0.15) is 0 Å². The van der Waals surface area contributed by atoms with Crippen LogP contribution in [0.4, 0.5) is 5.69 Å². The summed E-state index contributed by atoms with van der Waals surface area (Å²) in [4.78, 5) is 28.8. The van der Waals surface area contributed by atoms with E-state index in [1.54, 1.807) is 15.9 Å². The molecule has 2 heterocycles. The molecule has 0 N–H and O–H groups in total. The van der Waals surface area contributed by atoms with Crippen molar-refractivity contribution < 1.29 is 18.0 Å². The summed E-state index contributed by atoms with van der Waals surface area (Å²) in [5, 5.41) is 0. The monoisotopic (exact) mass is 482 g/mol. The lowest BCUT2D eigenvalue weighted by Gasteiger charge is -2.31. The van der Waals surface area contributed by atoms with Crippen LogP contribution in [0.3, 0.4) is 0 Å². The average molecular weight is 483 g/mol. The highest BCUT2D eigenvalue weighted by atomic mass is 79.9. The van der Waals surface area contributed by atoms with Crippen LogP contribution in [-0.2, 0) is 25.8 Å². The molecule has 1 unspecified atom stereocenters. The minimum atomic E-state index is -3.65. The fourth-order valence-electron chi connectivity index (χ4n) is 4.31. The van der Waals surface area contributed by atoms with Crippen LogP contribution < -0.4 is 4.90 Å². The molecule has 6 nitrogen and oxygen atoms in total. The second kappa shape index (κ2) is 8.02. The van der Waals surface area contributed by atoms with Gasteiger partial charge in [0.2, 0.25) is 11.8 Å². The predicted octanol–water partition coefficient (Wildman–Crippen LogP) is 3.17. The quantitative estimate of drug-likeness (QED) is 0.645. The van der Waals surface area contributed by atoms with E-state index < -0.39 is 9.84 Å². The lowest BCUT2D eigenvalue weighted by Crippen LogP contribution is -2.39. The number of hydrogen-bond donors (Lipinski definition) is 0. The van der Waals surface area contributed by atoms with Crippen molar-refractivity contribution >= 4 is 43.3 Å². The third kappa shape index (κ3) is 4.38. The van der Waals surface area contributed by atoms with Crippen LogP contribution in [0.5, 0.6) is 0 Å². The van der Waals surface area contributed by atoms with Gasteiger partial charge in [-0.3, -0.25) is 9.59 Å². The Morgan fingerprint density at radius 1 is 1.17 bits per heavy atom. The van der Waals surface area contributed by atoms with Crippen LogP contribution in [0.1, 0.15) is 44.6 Å². The van der Waals surface area contributed by atoms with Crippen LogP contribution in [0.15, 0.2) is 21.5 Å². The Kier molecular flexibility index (Phi) is 5.77. The minimum Gasteiger partial charge on any atom is -0.342 e. The first-order valence-electron chi connectivity index (χ1n) is 10.4. The van der Waals surface area contributed by atoms with Crippen molar-refractivity contribution in [1.29, 1.82) is 0 Å². The van der Waals surface area contributed by atoms with Crippen molar-refractivity contribution in [3.8, 4) is 0 Å². The fourth-order valence-corrected chi connectivity index (χ4v) is 6.75. The maximum Gasteiger partial charge on any atom is 0.230 e. The number of fused-ring (bicyclic) bond motifs is 1. The number of halogens is 1. The molecule has 4 rings (SSSR count). The zero-order chi connectivity index (χ0) is 20.8. The van der Waals surface area contributed by atoms with Gasteiger partial charge in [0.25, 0.3) is 0 Å². The molecule has 8 heteroatoms. The van der Waals surface area contributed by atoms with Crippen LogP contribution >= 0.6 is 15.9 Å². The van der Waals surface area contributed by atoms with E-state index in [2.05, 4.69) is 22.9 Å². The third-order valence-electron chi connectivity index (χ3n) is 6.15. The minimum absolute atomic E-state index is 0.0106. The molecule has 0 bridgehead atoms. The van der Waals surface area contributed by atoms with Gasteiger partial charge in [0.05, 0.1) is 10.6 Å². The number of piperidine rings is 1. The molecule has 1 aromatic rings. The molecule has 0 radical (unpaired) electrons. The second-order valence-electron chi connectivity index (χ2n) is 8.58. The lowest BCUT2D eigenvalue weighted by molar-refractivity contribution is -0.132. The Labute approximate surface area is 180 Å². The summed E-state index contributed by atoms with van der Waals surface area (Å²) in [6.45, 7) is 4.14. The number of sulfone groups is 1. The molecular formula is C21H27BrN2O4S. The van der Waals surface area contributed by atoms with Gasteiger partial charge in [-0.1, -0.05) is 6.92 Å². The predicted molar refractivity (Wildman–Crippen MR) is 115 cm³/mol. The van der Waals surface area contributed by atoms with Gasteiger partial charge >= 0.3 is 0 Å². The Morgan fingerprint density at radius 2 is 1.93 bits per heavy atom. The Hall–Kier alpha value is -1.41. The van der Waals surface area contributed by atoms with Gasteiger partial charge in [-0.05, 0) is 71.6 Å². The maximum atomic E-state index is 13.0. The molecular weight excluding hydrogens is 456 g/mol. The molecule has 1 aliphatic carbocycles. The van der Waals surface area contributed by atoms with E-state index in [-0.39, 0.29) is 34.8 Å². The number of nitrogens with zero attached hydrogens (tertiary/aromatic N) is 2. The first kappa shape index (κ1) is 20.8. The number of hydrogen-bond acceptors (Lipinski definition) is 4. The average Bonchev–Trinajstić information content (AvgIpc) is 3.45. The summed E-state index contributed by atoms with van der Waals surface area (Å²) in [7, 11) is -3.65. The van der Waals surface area contributed by atoms with Gasteiger partial charge < -0.3 is 9.80 Å². The molecule has 2 amide bonds. The molecule has 1 saturated heterocycles. The van der Waals surface area contributed by atoms with Crippen molar-refractivity contribution in [1.82, 2.24) is 4.90 Å². The summed E-state index contributed by atoms with van der Waals surface area (Å²) >= 11 is 3.40. The standard InChI is InChI=1S/C21H27BrN2O4S/c1-14-3-2-8-23(13-14)20(25)7-10-29(27,28)19-12-18-16(11-17(19)22)6-9-24(18)21(26)15-4-5-15/h11-12,14-15H,2-10,13H2,1H3. The fraction of sp³-hybridized carbons (Fsp3) is 0.619.